The lowest BCUT2D eigenvalue weighted by Gasteiger charge is -2.41. The van der Waals surface area contributed by atoms with Crippen LogP contribution in [0.2, 0.25) is 10.0 Å². The van der Waals surface area contributed by atoms with Crippen LogP contribution in [-0.4, -0.2) is 5.91 Å². The summed E-state index contributed by atoms with van der Waals surface area (Å²) in [6.07, 6.45) is 0. The van der Waals surface area contributed by atoms with Crippen LogP contribution in [0.15, 0.2) is 18.2 Å². The van der Waals surface area contributed by atoms with Gasteiger partial charge in [0.05, 0.1) is 6.07 Å². The molecule has 0 spiro atoms. The molecule has 0 aliphatic heterocycles. The predicted octanol–water partition coefficient (Wildman–Crippen LogP) is 4.14. The molecule has 2 N–H and O–H groups in total. The molecule has 1 aromatic rings. The average molecular weight is 313 g/mol. The molecule has 0 aliphatic carbocycles. The van der Waals surface area contributed by atoms with E-state index in [4.69, 9.17) is 28.9 Å². The van der Waals surface area contributed by atoms with E-state index in [9.17, 15) is 10.1 Å². The zero-order chi connectivity index (χ0) is 15.7. The Morgan fingerprint density at radius 1 is 1.35 bits per heavy atom. The van der Waals surface area contributed by atoms with Crippen LogP contribution in [0.4, 0.5) is 0 Å². The lowest BCUT2D eigenvalue weighted by Crippen LogP contribution is -2.49. The second-order valence-electron chi connectivity index (χ2n) is 5.92. The molecule has 0 aliphatic rings. The standard InChI is InChI=1S/C15H18Cl2N2O/c1-9(11-6-5-10(16)7-12(11)17)15(8-18,13(19)20)14(2,3)4/h5-7,9H,1-4H3,(H2,19,20)/t9-,15?/m0/s1. The van der Waals surface area contributed by atoms with Gasteiger partial charge in [0.2, 0.25) is 5.91 Å². The van der Waals surface area contributed by atoms with Gasteiger partial charge in [0, 0.05) is 16.0 Å². The molecular weight excluding hydrogens is 295 g/mol. The lowest BCUT2D eigenvalue weighted by atomic mass is 9.59. The van der Waals surface area contributed by atoms with Crippen molar-refractivity contribution in [3.8, 4) is 6.07 Å². The molecule has 0 bridgehead atoms. The molecule has 1 amide bonds. The SMILES string of the molecule is C[C@@H](c1ccc(Cl)cc1Cl)C(C#N)(C(N)=O)C(C)(C)C. The fourth-order valence-electron chi connectivity index (χ4n) is 2.64. The third kappa shape index (κ3) is 2.63. The smallest absolute Gasteiger partial charge is 0.239 e. The Bertz CT molecular complexity index is 572. The van der Waals surface area contributed by atoms with E-state index >= 15 is 0 Å². The highest BCUT2D eigenvalue weighted by Crippen LogP contribution is 2.50. The van der Waals surface area contributed by atoms with E-state index in [1.54, 1.807) is 25.1 Å². The van der Waals surface area contributed by atoms with Gasteiger partial charge < -0.3 is 5.73 Å². The Hall–Kier alpha value is -1.24. The van der Waals surface area contributed by atoms with Crippen molar-refractivity contribution in [3.05, 3.63) is 33.8 Å². The number of amides is 1. The molecule has 0 radical (unpaired) electrons. The van der Waals surface area contributed by atoms with Crippen molar-refractivity contribution in [2.24, 2.45) is 16.6 Å². The molecule has 108 valence electrons. The molecule has 0 saturated heterocycles. The Labute approximate surface area is 129 Å². The van der Waals surface area contributed by atoms with E-state index in [0.717, 1.165) is 0 Å². The molecular formula is C15H18Cl2N2O. The van der Waals surface area contributed by atoms with Crippen LogP contribution in [0.5, 0.6) is 0 Å². The Balaban J connectivity index is 3.51. The first-order valence-corrected chi connectivity index (χ1v) is 6.99. The number of primary amides is 1. The minimum atomic E-state index is -1.36. The topological polar surface area (TPSA) is 66.9 Å². The highest BCUT2D eigenvalue weighted by Gasteiger charge is 2.52. The maximum absolute atomic E-state index is 12.0. The summed E-state index contributed by atoms with van der Waals surface area (Å²) >= 11 is 12.1. The van der Waals surface area contributed by atoms with Crippen LogP contribution in [0.25, 0.3) is 0 Å². The van der Waals surface area contributed by atoms with Gasteiger partial charge >= 0.3 is 0 Å². The minimum absolute atomic E-state index is 0.426. The molecule has 0 heterocycles. The molecule has 5 heteroatoms. The number of halogens is 2. The van der Waals surface area contributed by atoms with Gasteiger partial charge in [-0.05, 0) is 23.1 Å². The Morgan fingerprint density at radius 3 is 2.25 bits per heavy atom. The second kappa shape index (κ2) is 5.63. The average Bonchev–Trinajstić information content (AvgIpc) is 2.27. The van der Waals surface area contributed by atoms with Gasteiger partial charge in [-0.15, -0.1) is 0 Å². The van der Waals surface area contributed by atoms with Gasteiger partial charge in [0.25, 0.3) is 0 Å². The number of benzene rings is 1. The normalized spacial score (nSPS) is 16.1. The summed E-state index contributed by atoms with van der Waals surface area (Å²) in [4.78, 5) is 12.0. The Morgan fingerprint density at radius 2 is 1.90 bits per heavy atom. The van der Waals surface area contributed by atoms with Crippen LogP contribution in [0.3, 0.4) is 0 Å². The van der Waals surface area contributed by atoms with Crippen LogP contribution in [-0.2, 0) is 4.79 Å². The third-order valence-corrected chi connectivity index (χ3v) is 4.39. The van der Waals surface area contributed by atoms with Crippen LogP contribution >= 0.6 is 23.2 Å². The maximum atomic E-state index is 12.0. The van der Waals surface area contributed by atoms with Crippen LogP contribution in [0, 0.1) is 22.2 Å². The lowest BCUT2D eigenvalue weighted by molar-refractivity contribution is -0.131. The van der Waals surface area contributed by atoms with Gasteiger partial charge in [0.15, 0.2) is 0 Å². The summed E-state index contributed by atoms with van der Waals surface area (Å²) in [7, 11) is 0. The van der Waals surface area contributed by atoms with E-state index < -0.39 is 22.7 Å². The van der Waals surface area contributed by atoms with Crippen molar-refractivity contribution in [2.75, 3.05) is 0 Å². The summed E-state index contributed by atoms with van der Waals surface area (Å²) < 4.78 is 0. The van der Waals surface area contributed by atoms with Crippen molar-refractivity contribution in [1.29, 1.82) is 5.26 Å². The van der Waals surface area contributed by atoms with E-state index in [1.165, 1.54) is 0 Å². The van der Waals surface area contributed by atoms with Gasteiger partial charge in [-0.3, -0.25) is 4.79 Å². The summed E-state index contributed by atoms with van der Waals surface area (Å²) in [5.74, 6) is -1.10. The Kier molecular flexibility index (Phi) is 4.74. The number of nitriles is 1. The quantitative estimate of drug-likeness (QED) is 0.911. The summed E-state index contributed by atoms with van der Waals surface area (Å²) in [5, 5.41) is 10.6. The molecule has 0 fully saturated rings. The first-order chi connectivity index (χ1) is 9.07. The van der Waals surface area contributed by atoms with Gasteiger partial charge in [-0.1, -0.05) is 57.0 Å². The highest BCUT2D eigenvalue weighted by atomic mass is 35.5. The molecule has 20 heavy (non-hydrogen) atoms. The van der Waals surface area contributed by atoms with Crippen LogP contribution in [0.1, 0.15) is 39.2 Å². The molecule has 1 unspecified atom stereocenters. The molecule has 0 aromatic heterocycles. The molecule has 3 nitrogen and oxygen atoms in total. The number of hydrogen-bond acceptors (Lipinski definition) is 2. The first kappa shape index (κ1) is 16.8. The molecule has 2 atom stereocenters. The minimum Gasteiger partial charge on any atom is -0.368 e. The number of nitrogens with two attached hydrogens (primary N) is 1. The summed E-state index contributed by atoms with van der Waals surface area (Å²) in [5.41, 5.74) is 4.26. The van der Waals surface area contributed by atoms with Gasteiger partial charge in [-0.25, -0.2) is 0 Å². The van der Waals surface area contributed by atoms with Crippen molar-refractivity contribution in [2.45, 2.75) is 33.6 Å². The van der Waals surface area contributed by atoms with Crippen molar-refractivity contribution >= 4 is 29.1 Å². The fraction of sp³-hybridized carbons (Fsp3) is 0.467. The zero-order valence-corrected chi connectivity index (χ0v) is 13.5. The summed E-state index contributed by atoms with van der Waals surface area (Å²) in [6, 6.07) is 7.14. The van der Waals surface area contributed by atoms with Crippen molar-refractivity contribution < 1.29 is 4.79 Å². The monoisotopic (exact) mass is 312 g/mol. The zero-order valence-electron chi connectivity index (χ0n) is 12.0. The third-order valence-electron chi connectivity index (χ3n) is 3.83. The number of carbonyl (C=O) groups is 1. The second-order valence-corrected chi connectivity index (χ2v) is 6.77. The molecule has 1 aromatic carbocycles. The fourth-order valence-corrected chi connectivity index (χ4v) is 3.21. The highest BCUT2D eigenvalue weighted by molar-refractivity contribution is 6.35. The van der Waals surface area contributed by atoms with E-state index in [1.807, 2.05) is 20.8 Å². The summed E-state index contributed by atoms with van der Waals surface area (Å²) in [6.45, 7) is 7.25. The van der Waals surface area contributed by atoms with Crippen molar-refractivity contribution in [3.63, 3.8) is 0 Å². The van der Waals surface area contributed by atoms with E-state index in [0.29, 0.717) is 15.6 Å². The molecule has 0 saturated carbocycles. The maximum Gasteiger partial charge on any atom is 0.239 e. The predicted molar refractivity (Wildman–Crippen MR) is 81.6 cm³/mol. The van der Waals surface area contributed by atoms with Crippen LogP contribution < -0.4 is 5.73 Å². The van der Waals surface area contributed by atoms with E-state index in [-0.39, 0.29) is 0 Å². The van der Waals surface area contributed by atoms with E-state index in [2.05, 4.69) is 6.07 Å². The van der Waals surface area contributed by atoms with Gasteiger partial charge in [0.1, 0.15) is 5.41 Å². The largest absolute Gasteiger partial charge is 0.368 e. The molecule has 1 rings (SSSR count). The first-order valence-electron chi connectivity index (χ1n) is 6.24. The van der Waals surface area contributed by atoms with Gasteiger partial charge in [-0.2, -0.15) is 5.26 Å². The number of carbonyl (C=O) groups excluding carboxylic acids is 1. The number of hydrogen-bond donors (Lipinski definition) is 1. The number of rotatable bonds is 3. The number of nitrogens with zero attached hydrogens (tertiary/aromatic N) is 1. The van der Waals surface area contributed by atoms with Crippen molar-refractivity contribution in [1.82, 2.24) is 0 Å².